The Labute approximate surface area is 115 Å². The predicted octanol–water partition coefficient (Wildman–Crippen LogP) is 2.38. The summed E-state index contributed by atoms with van der Waals surface area (Å²) < 4.78 is 0. The number of rotatable bonds is 5. The predicted molar refractivity (Wildman–Crippen MR) is 77.2 cm³/mol. The molecule has 2 aliphatic rings. The van der Waals surface area contributed by atoms with Crippen LogP contribution in [0.25, 0.3) is 0 Å². The molecule has 0 heterocycles. The third-order valence-electron chi connectivity index (χ3n) is 5.17. The third kappa shape index (κ3) is 2.15. The van der Waals surface area contributed by atoms with Gasteiger partial charge in [0.2, 0.25) is 5.91 Å². The van der Waals surface area contributed by atoms with Gasteiger partial charge in [0.25, 0.3) is 0 Å². The Morgan fingerprint density at radius 1 is 1.33 bits per heavy atom. The van der Waals surface area contributed by atoms with Gasteiger partial charge in [0.1, 0.15) is 0 Å². The Morgan fingerprint density at radius 3 is 2.39 bits per heavy atom. The van der Waals surface area contributed by atoms with Gasteiger partial charge in [-0.05, 0) is 43.9 Å². The number of carbonyl (C=O) groups is 1. The molecule has 0 spiro atoms. The van der Waals surface area contributed by atoms with Crippen LogP contribution in [0, 0.1) is 17.3 Å². The zero-order valence-electron chi connectivity index (χ0n) is 11.4. The lowest BCUT2D eigenvalue weighted by atomic mass is 9.80. The average molecular weight is 268 g/mol. The van der Waals surface area contributed by atoms with E-state index in [1.54, 1.807) is 0 Å². The van der Waals surface area contributed by atoms with E-state index in [0.29, 0.717) is 29.8 Å². The van der Waals surface area contributed by atoms with Crippen LogP contribution in [0.4, 0.5) is 0 Å². The molecule has 0 radical (unpaired) electrons. The summed E-state index contributed by atoms with van der Waals surface area (Å²) in [6, 6.07) is 0.364. The summed E-state index contributed by atoms with van der Waals surface area (Å²) in [5.74, 6) is 1.58. The molecule has 2 bridgehead atoms. The number of hydrogen-bond donors (Lipinski definition) is 2. The smallest absolute Gasteiger partial charge is 0.233 e. The zero-order chi connectivity index (χ0) is 13.3. The van der Waals surface area contributed by atoms with Crippen LogP contribution in [-0.4, -0.2) is 16.9 Å². The van der Waals surface area contributed by atoms with Gasteiger partial charge in [-0.1, -0.05) is 32.5 Å². The number of fused-ring (bicyclic) bond motifs is 2. The first-order chi connectivity index (χ1) is 8.53. The molecule has 0 saturated heterocycles. The van der Waals surface area contributed by atoms with Crippen LogP contribution < -0.4 is 11.1 Å². The highest BCUT2D eigenvalue weighted by Gasteiger charge is 2.44. The molecule has 3 atom stereocenters. The van der Waals surface area contributed by atoms with Crippen LogP contribution in [-0.2, 0) is 4.79 Å². The quantitative estimate of drug-likeness (QED) is 0.753. The number of amides is 1. The second-order valence-corrected chi connectivity index (χ2v) is 6.35. The van der Waals surface area contributed by atoms with Crippen molar-refractivity contribution in [2.24, 2.45) is 23.0 Å². The highest BCUT2D eigenvalue weighted by Crippen LogP contribution is 2.44. The first-order valence-corrected chi connectivity index (χ1v) is 7.55. The Morgan fingerprint density at radius 2 is 2.00 bits per heavy atom. The van der Waals surface area contributed by atoms with Crippen LogP contribution in [0.15, 0.2) is 0 Å². The van der Waals surface area contributed by atoms with Crippen molar-refractivity contribution < 1.29 is 4.79 Å². The van der Waals surface area contributed by atoms with Crippen molar-refractivity contribution in [1.82, 2.24) is 5.32 Å². The maximum absolute atomic E-state index is 12.5. The van der Waals surface area contributed by atoms with Gasteiger partial charge in [0.05, 0.1) is 10.4 Å². The second-order valence-electron chi connectivity index (χ2n) is 5.91. The fourth-order valence-corrected chi connectivity index (χ4v) is 4.14. The molecule has 18 heavy (non-hydrogen) atoms. The molecule has 0 aliphatic heterocycles. The molecule has 2 saturated carbocycles. The Bertz CT molecular complexity index is 352. The number of nitrogens with one attached hydrogen (secondary N) is 1. The van der Waals surface area contributed by atoms with Gasteiger partial charge >= 0.3 is 0 Å². The SMILES string of the molecule is CCC(CC)(C(=O)NC1CC2CCC1C2)C(N)=S. The van der Waals surface area contributed by atoms with Crippen LogP contribution in [0.1, 0.15) is 52.4 Å². The van der Waals surface area contributed by atoms with Crippen molar-refractivity contribution in [3.63, 3.8) is 0 Å². The fraction of sp³-hybridized carbons (Fsp3) is 0.857. The van der Waals surface area contributed by atoms with Gasteiger partial charge in [-0.15, -0.1) is 0 Å². The maximum atomic E-state index is 12.5. The Kier molecular flexibility index (Phi) is 3.95. The standard InChI is InChI=1S/C14H24N2OS/c1-3-14(4-2,12(15)18)13(17)16-11-8-9-5-6-10(11)7-9/h9-11H,3-8H2,1-2H3,(H2,15,18)(H,16,17). The maximum Gasteiger partial charge on any atom is 0.233 e. The van der Waals surface area contributed by atoms with E-state index in [0.717, 1.165) is 12.3 Å². The zero-order valence-corrected chi connectivity index (χ0v) is 12.2. The molecule has 2 aliphatic carbocycles. The van der Waals surface area contributed by atoms with Gasteiger partial charge in [0, 0.05) is 6.04 Å². The molecule has 4 heteroatoms. The van der Waals surface area contributed by atoms with E-state index in [1.165, 1.54) is 19.3 Å². The summed E-state index contributed by atoms with van der Waals surface area (Å²) in [7, 11) is 0. The molecule has 0 aromatic rings. The van der Waals surface area contributed by atoms with Crippen molar-refractivity contribution >= 4 is 23.1 Å². The van der Waals surface area contributed by atoms with E-state index < -0.39 is 5.41 Å². The summed E-state index contributed by atoms with van der Waals surface area (Å²) >= 11 is 5.13. The van der Waals surface area contributed by atoms with Gasteiger partial charge in [-0.2, -0.15) is 0 Å². The number of nitrogens with two attached hydrogens (primary N) is 1. The molecule has 3 nitrogen and oxygen atoms in total. The molecular weight excluding hydrogens is 244 g/mol. The van der Waals surface area contributed by atoms with Crippen LogP contribution in [0.2, 0.25) is 0 Å². The van der Waals surface area contributed by atoms with Gasteiger partial charge < -0.3 is 11.1 Å². The van der Waals surface area contributed by atoms with Crippen LogP contribution in [0.3, 0.4) is 0 Å². The van der Waals surface area contributed by atoms with Crippen LogP contribution >= 0.6 is 12.2 Å². The molecule has 2 fully saturated rings. The summed E-state index contributed by atoms with van der Waals surface area (Å²) in [5.41, 5.74) is 5.17. The molecule has 102 valence electrons. The van der Waals surface area contributed by atoms with Crippen molar-refractivity contribution in [2.75, 3.05) is 0 Å². The van der Waals surface area contributed by atoms with E-state index in [4.69, 9.17) is 18.0 Å². The highest BCUT2D eigenvalue weighted by atomic mass is 32.1. The molecular formula is C14H24N2OS. The largest absolute Gasteiger partial charge is 0.392 e. The fourth-order valence-electron chi connectivity index (χ4n) is 3.76. The van der Waals surface area contributed by atoms with E-state index in [2.05, 4.69) is 5.32 Å². The number of hydrogen-bond acceptors (Lipinski definition) is 2. The first kappa shape index (κ1) is 13.8. The van der Waals surface area contributed by atoms with E-state index >= 15 is 0 Å². The first-order valence-electron chi connectivity index (χ1n) is 7.14. The van der Waals surface area contributed by atoms with E-state index in [-0.39, 0.29) is 5.91 Å². The molecule has 1 amide bonds. The van der Waals surface area contributed by atoms with Crippen LogP contribution in [0.5, 0.6) is 0 Å². The number of carbonyl (C=O) groups excluding carboxylic acids is 1. The van der Waals surface area contributed by atoms with Gasteiger partial charge in [-0.3, -0.25) is 4.79 Å². The summed E-state index contributed by atoms with van der Waals surface area (Å²) in [6.07, 6.45) is 6.43. The van der Waals surface area contributed by atoms with Crippen molar-refractivity contribution in [1.29, 1.82) is 0 Å². The van der Waals surface area contributed by atoms with Crippen molar-refractivity contribution in [3.05, 3.63) is 0 Å². The van der Waals surface area contributed by atoms with Crippen molar-refractivity contribution in [2.45, 2.75) is 58.4 Å². The third-order valence-corrected chi connectivity index (χ3v) is 5.56. The molecule has 3 unspecified atom stereocenters. The van der Waals surface area contributed by atoms with Gasteiger partial charge in [0.15, 0.2) is 0 Å². The Balaban J connectivity index is 2.04. The summed E-state index contributed by atoms with van der Waals surface area (Å²) in [4.78, 5) is 12.9. The summed E-state index contributed by atoms with van der Waals surface area (Å²) in [6.45, 7) is 3.98. The van der Waals surface area contributed by atoms with Crippen molar-refractivity contribution in [3.8, 4) is 0 Å². The van der Waals surface area contributed by atoms with Gasteiger partial charge in [-0.25, -0.2) is 0 Å². The Hall–Kier alpha value is -0.640. The molecule has 2 rings (SSSR count). The second kappa shape index (κ2) is 5.16. The van der Waals surface area contributed by atoms with E-state index in [9.17, 15) is 4.79 Å². The monoisotopic (exact) mass is 268 g/mol. The topological polar surface area (TPSA) is 55.1 Å². The lowest BCUT2D eigenvalue weighted by Gasteiger charge is -2.32. The van der Waals surface area contributed by atoms with E-state index in [1.807, 2.05) is 13.8 Å². The lowest BCUT2D eigenvalue weighted by Crippen LogP contribution is -2.52. The lowest BCUT2D eigenvalue weighted by molar-refractivity contribution is -0.128. The average Bonchev–Trinajstić information content (AvgIpc) is 2.92. The molecule has 0 aromatic heterocycles. The normalized spacial score (nSPS) is 30.4. The molecule has 3 N–H and O–H groups in total. The highest BCUT2D eigenvalue weighted by molar-refractivity contribution is 7.80. The minimum atomic E-state index is -0.642. The summed E-state index contributed by atoms with van der Waals surface area (Å²) in [5, 5.41) is 3.23. The number of thiocarbonyl (C=S) groups is 1. The minimum absolute atomic E-state index is 0.0533. The molecule has 0 aromatic carbocycles. The minimum Gasteiger partial charge on any atom is -0.392 e.